The van der Waals surface area contributed by atoms with E-state index in [4.69, 9.17) is 0 Å². The van der Waals surface area contributed by atoms with E-state index >= 15 is 0 Å². The third kappa shape index (κ3) is 2.37. The van der Waals surface area contributed by atoms with Crippen LogP contribution in [0.15, 0.2) is 69.3 Å². The fraction of sp³-hybridized carbons (Fsp3) is 0. The maximum absolute atomic E-state index is 12.1. The first-order chi connectivity index (χ1) is 11.6. The Labute approximate surface area is 140 Å². The van der Waals surface area contributed by atoms with Crippen molar-refractivity contribution in [2.75, 3.05) is 0 Å². The third-order valence-electron chi connectivity index (χ3n) is 3.83. The molecule has 2 heterocycles. The predicted octanol–water partition coefficient (Wildman–Crippen LogP) is 3.86. The lowest BCUT2D eigenvalue weighted by atomic mass is 10.1. The van der Waals surface area contributed by atoms with E-state index in [-0.39, 0.29) is 16.6 Å². The number of benzene rings is 2. The van der Waals surface area contributed by atoms with Crippen LogP contribution in [0, 0.1) is 0 Å². The van der Waals surface area contributed by atoms with E-state index in [0.29, 0.717) is 16.3 Å². The molecule has 5 nitrogen and oxygen atoms in total. The van der Waals surface area contributed by atoms with Crippen LogP contribution in [0.2, 0.25) is 0 Å². The number of carboxylic acid groups (broad SMARTS) is 1. The average Bonchev–Trinajstić information content (AvgIpc) is 3.03. The molecular weight excluding hydrogens is 324 g/mol. The van der Waals surface area contributed by atoms with Crippen LogP contribution in [0.4, 0.5) is 0 Å². The highest BCUT2D eigenvalue weighted by Crippen LogP contribution is 2.32. The van der Waals surface area contributed by atoms with Gasteiger partial charge in [-0.25, -0.2) is 4.79 Å². The average molecular weight is 336 g/mol. The molecule has 0 unspecified atom stereocenters. The van der Waals surface area contributed by atoms with E-state index in [1.165, 1.54) is 6.20 Å². The van der Waals surface area contributed by atoms with Crippen molar-refractivity contribution in [1.82, 2.24) is 9.97 Å². The van der Waals surface area contributed by atoms with E-state index in [2.05, 4.69) is 9.97 Å². The monoisotopic (exact) mass is 336 g/mol. The van der Waals surface area contributed by atoms with Gasteiger partial charge in [0.05, 0.1) is 5.56 Å². The molecule has 4 aromatic rings. The molecule has 6 heteroatoms. The second-order valence-electron chi connectivity index (χ2n) is 5.33. The highest BCUT2D eigenvalue weighted by molar-refractivity contribution is 7.99. The molecule has 0 fully saturated rings. The third-order valence-corrected chi connectivity index (χ3v) is 4.82. The van der Waals surface area contributed by atoms with Crippen LogP contribution >= 0.6 is 11.8 Å². The van der Waals surface area contributed by atoms with Crippen molar-refractivity contribution in [2.45, 2.75) is 9.79 Å². The minimum Gasteiger partial charge on any atom is -0.478 e. The van der Waals surface area contributed by atoms with Crippen LogP contribution in [0.3, 0.4) is 0 Å². The van der Waals surface area contributed by atoms with Gasteiger partial charge in [0, 0.05) is 32.3 Å². The standard InChI is InChI=1S/C18H12N2O3S/c21-17-16-15(13(9-19-16)18(22)23)12-8-11(6-7-14(12)20-17)24-10-4-2-1-3-5-10/h1-9,19H,(H,20,21)(H,22,23). The number of carbonyl (C=O) groups is 1. The summed E-state index contributed by atoms with van der Waals surface area (Å²) < 4.78 is 0. The van der Waals surface area contributed by atoms with Crippen molar-refractivity contribution >= 4 is 39.5 Å². The molecule has 4 rings (SSSR count). The van der Waals surface area contributed by atoms with Gasteiger partial charge in [-0.2, -0.15) is 0 Å². The number of fused-ring (bicyclic) bond motifs is 3. The number of rotatable bonds is 3. The molecule has 0 aliphatic carbocycles. The molecule has 118 valence electrons. The van der Waals surface area contributed by atoms with Gasteiger partial charge in [-0.1, -0.05) is 30.0 Å². The molecule has 24 heavy (non-hydrogen) atoms. The molecule has 2 aromatic carbocycles. The Morgan fingerprint density at radius 3 is 2.58 bits per heavy atom. The molecule has 0 spiro atoms. The number of pyridine rings is 1. The number of hydrogen-bond donors (Lipinski definition) is 3. The van der Waals surface area contributed by atoms with E-state index in [1.807, 2.05) is 42.5 Å². The minimum atomic E-state index is -1.06. The first-order valence-corrected chi connectivity index (χ1v) is 8.08. The van der Waals surface area contributed by atoms with Crippen molar-refractivity contribution in [3.63, 3.8) is 0 Å². The predicted molar refractivity (Wildman–Crippen MR) is 93.9 cm³/mol. The first-order valence-electron chi connectivity index (χ1n) is 7.27. The molecule has 0 saturated heterocycles. The lowest BCUT2D eigenvalue weighted by Gasteiger charge is -2.06. The van der Waals surface area contributed by atoms with Crippen LogP contribution in [-0.4, -0.2) is 21.0 Å². The van der Waals surface area contributed by atoms with E-state index in [0.717, 1.165) is 9.79 Å². The van der Waals surface area contributed by atoms with E-state index in [1.54, 1.807) is 17.8 Å². The molecule has 0 amide bonds. The summed E-state index contributed by atoms with van der Waals surface area (Å²) in [5, 5.41) is 10.5. The van der Waals surface area contributed by atoms with Crippen LogP contribution < -0.4 is 5.56 Å². The summed E-state index contributed by atoms with van der Waals surface area (Å²) in [6.07, 6.45) is 1.36. The molecule has 0 aliphatic heterocycles. The van der Waals surface area contributed by atoms with Gasteiger partial charge in [-0.05, 0) is 30.3 Å². The zero-order valence-electron chi connectivity index (χ0n) is 12.4. The summed E-state index contributed by atoms with van der Waals surface area (Å²) in [5.74, 6) is -1.06. The van der Waals surface area contributed by atoms with Crippen molar-refractivity contribution in [1.29, 1.82) is 0 Å². The maximum atomic E-state index is 12.1. The van der Waals surface area contributed by atoms with Crippen LogP contribution in [0.5, 0.6) is 0 Å². The van der Waals surface area contributed by atoms with E-state index in [9.17, 15) is 14.7 Å². The summed E-state index contributed by atoms with van der Waals surface area (Å²) in [4.78, 5) is 31.2. The quantitative estimate of drug-likeness (QED) is 0.530. The Bertz CT molecular complexity index is 1130. The van der Waals surface area contributed by atoms with Crippen molar-refractivity contribution in [3.8, 4) is 0 Å². The fourth-order valence-electron chi connectivity index (χ4n) is 2.76. The summed E-state index contributed by atoms with van der Waals surface area (Å²) in [6.45, 7) is 0. The Kier molecular flexibility index (Phi) is 3.39. The minimum absolute atomic E-state index is 0.1000. The maximum Gasteiger partial charge on any atom is 0.337 e. The van der Waals surface area contributed by atoms with E-state index < -0.39 is 5.97 Å². The molecule has 0 saturated carbocycles. The number of aromatic carboxylic acids is 1. The van der Waals surface area contributed by atoms with Gasteiger partial charge in [0.25, 0.3) is 5.56 Å². The van der Waals surface area contributed by atoms with Gasteiger partial charge in [-0.3, -0.25) is 4.79 Å². The summed E-state index contributed by atoms with van der Waals surface area (Å²) >= 11 is 1.58. The lowest BCUT2D eigenvalue weighted by Crippen LogP contribution is -2.07. The highest BCUT2D eigenvalue weighted by Gasteiger charge is 2.16. The number of carboxylic acids is 1. The largest absolute Gasteiger partial charge is 0.478 e. The Morgan fingerprint density at radius 2 is 1.83 bits per heavy atom. The second kappa shape index (κ2) is 5.58. The first kappa shape index (κ1) is 14.6. The van der Waals surface area contributed by atoms with Gasteiger partial charge in [-0.15, -0.1) is 0 Å². The van der Waals surface area contributed by atoms with Crippen molar-refractivity contribution in [2.24, 2.45) is 0 Å². The van der Waals surface area contributed by atoms with Gasteiger partial charge in [0.2, 0.25) is 0 Å². The molecule has 0 radical (unpaired) electrons. The van der Waals surface area contributed by atoms with Crippen molar-refractivity contribution < 1.29 is 9.90 Å². The Morgan fingerprint density at radius 1 is 1.04 bits per heavy atom. The Balaban J connectivity index is 1.96. The lowest BCUT2D eigenvalue weighted by molar-refractivity contribution is 0.0699. The molecular formula is C18H12N2O3S. The van der Waals surface area contributed by atoms with Gasteiger partial charge < -0.3 is 15.1 Å². The van der Waals surface area contributed by atoms with Crippen LogP contribution in [-0.2, 0) is 0 Å². The highest BCUT2D eigenvalue weighted by atomic mass is 32.2. The van der Waals surface area contributed by atoms with Crippen LogP contribution in [0.1, 0.15) is 10.4 Å². The summed E-state index contributed by atoms with van der Waals surface area (Å²) in [5.41, 5.74) is 0.671. The van der Waals surface area contributed by atoms with Crippen LogP contribution in [0.25, 0.3) is 21.8 Å². The molecule has 0 bridgehead atoms. The number of hydrogen-bond acceptors (Lipinski definition) is 3. The fourth-order valence-corrected chi connectivity index (χ4v) is 3.64. The second-order valence-corrected chi connectivity index (χ2v) is 6.48. The summed E-state index contributed by atoms with van der Waals surface area (Å²) in [6, 6.07) is 15.5. The zero-order valence-corrected chi connectivity index (χ0v) is 13.2. The van der Waals surface area contributed by atoms with Gasteiger partial charge in [0.15, 0.2) is 0 Å². The van der Waals surface area contributed by atoms with Gasteiger partial charge in [0.1, 0.15) is 5.52 Å². The number of nitrogens with one attached hydrogen (secondary N) is 2. The molecule has 3 N–H and O–H groups in total. The number of aromatic nitrogens is 2. The topological polar surface area (TPSA) is 85.9 Å². The molecule has 2 aromatic heterocycles. The SMILES string of the molecule is O=C(O)c1c[nH]c2c(=O)[nH]c3ccc(Sc4ccccc4)cc3c12. The van der Waals surface area contributed by atoms with Crippen molar-refractivity contribution in [3.05, 3.63) is 70.6 Å². The molecule has 0 aliphatic rings. The Hall–Kier alpha value is -2.99. The zero-order chi connectivity index (χ0) is 16.7. The smallest absolute Gasteiger partial charge is 0.337 e. The summed E-state index contributed by atoms with van der Waals surface area (Å²) in [7, 11) is 0. The number of aromatic amines is 2. The number of H-pyrrole nitrogens is 2. The van der Waals surface area contributed by atoms with Gasteiger partial charge >= 0.3 is 5.97 Å². The molecule has 0 atom stereocenters. The normalized spacial score (nSPS) is 11.2.